The number of carbonyl (C=O) groups is 1. The van der Waals surface area contributed by atoms with Gasteiger partial charge in [0, 0.05) is 37.7 Å². The molecule has 0 spiro atoms. The summed E-state index contributed by atoms with van der Waals surface area (Å²) in [5, 5.41) is 16.0. The van der Waals surface area contributed by atoms with Crippen molar-refractivity contribution in [3.63, 3.8) is 0 Å². The minimum atomic E-state index is -5.08. The van der Waals surface area contributed by atoms with Crippen molar-refractivity contribution in [1.82, 2.24) is 29.2 Å². The molecule has 11 heteroatoms. The van der Waals surface area contributed by atoms with Gasteiger partial charge in [0.1, 0.15) is 5.82 Å². The van der Waals surface area contributed by atoms with Gasteiger partial charge in [-0.25, -0.2) is 4.79 Å². The van der Waals surface area contributed by atoms with Gasteiger partial charge in [0.15, 0.2) is 5.82 Å². The van der Waals surface area contributed by atoms with Crippen molar-refractivity contribution >= 4 is 5.97 Å². The van der Waals surface area contributed by atoms with E-state index in [-0.39, 0.29) is 0 Å². The monoisotopic (exact) mass is 436 g/mol. The molecule has 4 heterocycles. The third-order valence-corrected chi connectivity index (χ3v) is 4.69. The number of aryl methyl sites for hydroxylation is 1. The molecule has 0 amide bonds. The predicted octanol–water partition coefficient (Wildman–Crippen LogP) is 2.87. The van der Waals surface area contributed by atoms with Crippen LogP contribution in [0.25, 0.3) is 0 Å². The Morgan fingerprint density at radius 1 is 1.10 bits per heavy atom. The average Bonchev–Trinajstić information content (AvgIpc) is 3.28. The second-order valence-corrected chi connectivity index (χ2v) is 7.18. The van der Waals surface area contributed by atoms with Crippen LogP contribution in [0.5, 0.6) is 0 Å². The van der Waals surface area contributed by atoms with E-state index in [9.17, 15) is 13.2 Å². The van der Waals surface area contributed by atoms with Crippen molar-refractivity contribution in [2.45, 2.75) is 45.7 Å². The maximum Gasteiger partial charge on any atom is 0.490 e. The minimum absolute atomic E-state index is 0.777. The smallest absolute Gasteiger partial charge is 0.475 e. The summed E-state index contributed by atoms with van der Waals surface area (Å²) in [7, 11) is 0. The van der Waals surface area contributed by atoms with Gasteiger partial charge in [0.2, 0.25) is 0 Å². The highest BCUT2D eigenvalue weighted by molar-refractivity contribution is 5.73. The first-order chi connectivity index (χ1) is 14.7. The molecule has 3 aromatic rings. The number of carboxylic acids is 1. The van der Waals surface area contributed by atoms with Crippen LogP contribution in [0.1, 0.15) is 29.5 Å². The zero-order chi connectivity index (χ0) is 22.4. The summed E-state index contributed by atoms with van der Waals surface area (Å²) >= 11 is 0. The molecule has 0 aromatic carbocycles. The van der Waals surface area contributed by atoms with Gasteiger partial charge in [0.05, 0.1) is 18.8 Å². The highest BCUT2D eigenvalue weighted by Crippen LogP contribution is 2.16. The third-order valence-electron chi connectivity index (χ3n) is 4.69. The first kappa shape index (κ1) is 22.5. The largest absolute Gasteiger partial charge is 0.490 e. The van der Waals surface area contributed by atoms with E-state index < -0.39 is 12.1 Å². The molecule has 0 unspecified atom stereocenters. The van der Waals surface area contributed by atoms with Gasteiger partial charge in [-0.1, -0.05) is 6.07 Å². The lowest BCUT2D eigenvalue weighted by atomic mass is 10.3. The van der Waals surface area contributed by atoms with Crippen molar-refractivity contribution in [1.29, 1.82) is 0 Å². The van der Waals surface area contributed by atoms with Crippen LogP contribution in [-0.2, 0) is 31.0 Å². The molecule has 0 aliphatic carbocycles. The average molecular weight is 436 g/mol. The van der Waals surface area contributed by atoms with Gasteiger partial charge in [-0.05, 0) is 37.6 Å². The number of rotatable bonds is 4. The Bertz CT molecular complexity index is 1000. The molecule has 0 saturated carbocycles. The predicted molar refractivity (Wildman–Crippen MR) is 105 cm³/mol. The molecule has 0 atom stereocenters. The fourth-order valence-electron chi connectivity index (χ4n) is 3.29. The molecular weight excluding hydrogens is 413 g/mol. The summed E-state index contributed by atoms with van der Waals surface area (Å²) in [4.78, 5) is 15.9. The Morgan fingerprint density at radius 2 is 1.81 bits per heavy atom. The topological polar surface area (TPSA) is 89.1 Å². The van der Waals surface area contributed by atoms with Crippen molar-refractivity contribution < 1.29 is 23.1 Å². The summed E-state index contributed by atoms with van der Waals surface area (Å²) < 4.78 is 36.2. The maximum atomic E-state index is 10.6. The van der Waals surface area contributed by atoms with E-state index in [0.29, 0.717) is 0 Å². The zero-order valence-corrected chi connectivity index (χ0v) is 17.0. The van der Waals surface area contributed by atoms with E-state index in [4.69, 9.17) is 9.90 Å². The third kappa shape index (κ3) is 6.38. The molecule has 31 heavy (non-hydrogen) atoms. The van der Waals surface area contributed by atoms with Gasteiger partial charge in [0.25, 0.3) is 0 Å². The summed E-state index contributed by atoms with van der Waals surface area (Å²) in [5.41, 5.74) is 2.19. The number of aliphatic carboxylic acids is 1. The normalized spacial score (nSPS) is 14.3. The lowest BCUT2D eigenvalue weighted by Crippen LogP contribution is -2.23. The molecule has 1 aliphatic rings. The lowest BCUT2D eigenvalue weighted by Gasteiger charge is -2.18. The van der Waals surface area contributed by atoms with Crippen molar-refractivity contribution in [2.75, 3.05) is 6.54 Å². The van der Waals surface area contributed by atoms with E-state index in [1.165, 1.54) is 0 Å². The fourth-order valence-corrected chi connectivity index (χ4v) is 3.29. The standard InChI is InChI=1S/C18H22N6.C2HF3O2/c1-15-6-4-7-16(19-15)12-23-10-5-11-24-17(20-21-18(24)14-23)13-22-8-2-3-9-22;3-2(4,5)1(6)7/h2-4,6-9H,5,10-14H2,1H3;(H,6,7). The number of pyridine rings is 1. The molecule has 0 fully saturated rings. The minimum Gasteiger partial charge on any atom is -0.475 e. The summed E-state index contributed by atoms with van der Waals surface area (Å²) in [6, 6.07) is 10.3. The molecular formula is C20H23F3N6O2. The van der Waals surface area contributed by atoms with Crippen LogP contribution >= 0.6 is 0 Å². The number of hydrogen-bond acceptors (Lipinski definition) is 5. The lowest BCUT2D eigenvalue weighted by molar-refractivity contribution is -0.192. The Morgan fingerprint density at radius 3 is 2.45 bits per heavy atom. The number of halogens is 3. The number of hydrogen-bond donors (Lipinski definition) is 1. The van der Waals surface area contributed by atoms with Gasteiger partial charge in [-0.3, -0.25) is 9.88 Å². The van der Waals surface area contributed by atoms with Crippen molar-refractivity contribution in [3.05, 3.63) is 65.8 Å². The second kappa shape index (κ2) is 9.73. The first-order valence-electron chi connectivity index (χ1n) is 9.69. The molecule has 4 rings (SSSR count). The molecule has 0 bridgehead atoms. The number of aromatic nitrogens is 5. The first-order valence-corrected chi connectivity index (χ1v) is 9.69. The van der Waals surface area contributed by atoms with Crippen LogP contribution in [0.3, 0.4) is 0 Å². The van der Waals surface area contributed by atoms with Crippen LogP contribution in [0.4, 0.5) is 13.2 Å². The van der Waals surface area contributed by atoms with Crippen LogP contribution in [0.2, 0.25) is 0 Å². The maximum absolute atomic E-state index is 10.6. The molecule has 0 saturated heterocycles. The summed E-state index contributed by atoms with van der Waals surface area (Å²) in [6.45, 7) is 6.55. The molecule has 8 nitrogen and oxygen atoms in total. The van der Waals surface area contributed by atoms with Crippen molar-refractivity contribution in [2.24, 2.45) is 0 Å². The number of fused-ring (bicyclic) bond motifs is 1. The SMILES string of the molecule is Cc1cccc(CN2CCCn3c(nnc3Cn3cccc3)C2)n1.O=C(O)C(F)(F)F. The number of alkyl halides is 3. The fraction of sp³-hybridized carbons (Fsp3) is 0.400. The summed E-state index contributed by atoms with van der Waals surface area (Å²) in [5.74, 6) is -0.661. The molecule has 3 aromatic heterocycles. The van der Waals surface area contributed by atoms with Gasteiger partial charge in [-0.2, -0.15) is 13.2 Å². The molecule has 166 valence electrons. The zero-order valence-electron chi connectivity index (χ0n) is 17.0. The Hall–Kier alpha value is -3.21. The second-order valence-electron chi connectivity index (χ2n) is 7.18. The van der Waals surface area contributed by atoms with E-state index in [1.807, 2.05) is 25.1 Å². The highest BCUT2D eigenvalue weighted by Gasteiger charge is 2.38. The van der Waals surface area contributed by atoms with Crippen LogP contribution in [0, 0.1) is 6.92 Å². The Labute approximate surface area is 177 Å². The Balaban J connectivity index is 0.000000339. The number of carboxylic acid groups (broad SMARTS) is 1. The van der Waals surface area contributed by atoms with E-state index in [1.54, 1.807) is 0 Å². The van der Waals surface area contributed by atoms with Crippen LogP contribution in [-0.4, -0.2) is 53.0 Å². The van der Waals surface area contributed by atoms with Gasteiger partial charge >= 0.3 is 12.1 Å². The number of nitrogens with zero attached hydrogens (tertiary/aromatic N) is 6. The Kier molecular flexibility index (Phi) is 7.06. The molecule has 0 radical (unpaired) electrons. The van der Waals surface area contributed by atoms with Gasteiger partial charge < -0.3 is 14.2 Å². The van der Waals surface area contributed by atoms with Crippen LogP contribution < -0.4 is 0 Å². The summed E-state index contributed by atoms with van der Waals surface area (Å²) in [6.07, 6.45) is 0.150. The highest BCUT2D eigenvalue weighted by atomic mass is 19.4. The van der Waals surface area contributed by atoms with Crippen molar-refractivity contribution in [3.8, 4) is 0 Å². The van der Waals surface area contributed by atoms with E-state index in [0.717, 1.165) is 62.2 Å². The van der Waals surface area contributed by atoms with E-state index >= 15 is 0 Å². The van der Waals surface area contributed by atoms with E-state index in [2.05, 4.69) is 53.7 Å². The van der Waals surface area contributed by atoms with Crippen LogP contribution in [0.15, 0.2) is 42.7 Å². The molecule has 1 N–H and O–H groups in total. The van der Waals surface area contributed by atoms with Gasteiger partial charge in [-0.15, -0.1) is 10.2 Å². The quantitative estimate of drug-likeness (QED) is 0.677. The molecule has 1 aliphatic heterocycles.